The molecule has 0 radical (unpaired) electrons. The molecule has 3 fully saturated rings. The van der Waals surface area contributed by atoms with Gasteiger partial charge in [0, 0.05) is 71.4 Å². The van der Waals surface area contributed by atoms with Gasteiger partial charge in [-0.2, -0.15) is 0 Å². The highest BCUT2D eigenvalue weighted by Crippen LogP contribution is 2.21. The number of nitrogens with zero attached hydrogens (tertiary/aromatic N) is 6. The van der Waals surface area contributed by atoms with Crippen molar-refractivity contribution >= 4 is 35.9 Å². The van der Waals surface area contributed by atoms with Crippen molar-refractivity contribution in [2.24, 2.45) is 4.99 Å². The predicted octanol–water partition coefficient (Wildman–Crippen LogP) is 1.06. The largest absolute Gasteiger partial charge is 0.375 e. The number of ether oxygens (including phenoxy) is 2. The summed E-state index contributed by atoms with van der Waals surface area (Å²) in [6, 6.07) is 1.86. The number of rotatable bonds is 6. The van der Waals surface area contributed by atoms with Crippen LogP contribution in [0, 0.1) is 0 Å². The monoisotopic (exact) mass is 545 g/mol. The number of aromatic nitrogens is 2. The van der Waals surface area contributed by atoms with Gasteiger partial charge in [0.05, 0.1) is 19.3 Å². The van der Waals surface area contributed by atoms with Crippen LogP contribution in [0.15, 0.2) is 23.5 Å². The van der Waals surface area contributed by atoms with Crippen LogP contribution in [0.3, 0.4) is 0 Å². The number of morpholine rings is 1. The highest BCUT2D eigenvalue weighted by atomic mass is 127. The molecule has 3 aliphatic heterocycles. The summed E-state index contributed by atoms with van der Waals surface area (Å²) < 4.78 is 11.8. The van der Waals surface area contributed by atoms with E-state index in [0.717, 1.165) is 96.9 Å². The molecular weight excluding hydrogens is 509 g/mol. The van der Waals surface area contributed by atoms with Crippen LogP contribution in [0.5, 0.6) is 0 Å². The van der Waals surface area contributed by atoms with E-state index in [9.17, 15) is 0 Å². The molecule has 10 heteroatoms. The molecule has 174 valence electrons. The number of aliphatic imine (C=N–C) groups is 1. The van der Waals surface area contributed by atoms with E-state index in [1.165, 1.54) is 0 Å². The number of piperazine rings is 1. The molecule has 9 nitrogen and oxygen atoms in total. The molecule has 0 amide bonds. The highest BCUT2D eigenvalue weighted by Gasteiger charge is 2.32. The van der Waals surface area contributed by atoms with Crippen molar-refractivity contribution in [1.82, 2.24) is 25.1 Å². The Balaban J connectivity index is 0.00000272. The van der Waals surface area contributed by atoms with Gasteiger partial charge in [0.1, 0.15) is 6.10 Å². The Morgan fingerprint density at radius 2 is 1.87 bits per heavy atom. The average molecular weight is 545 g/mol. The Labute approximate surface area is 202 Å². The zero-order chi connectivity index (χ0) is 20.6. The molecule has 2 atom stereocenters. The van der Waals surface area contributed by atoms with Gasteiger partial charge in [-0.15, -0.1) is 24.0 Å². The molecule has 0 saturated carbocycles. The van der Waals surface area contributed by atoms with Gasteiger partial charge in [-0.25, -0.2) is 9.97 Å². The second-order valence-corrected chi connectivity index (χ2v) is 8.02. The zero-order valence-corrected chi connectivity index (χ0v) is 20.8. The van der Waals surface area contributed by atoms with Crippen molar-refractivity contribution in [3.63, 3.8) is 0 Å². The van der Waals surface area contributed by atoms with Crippen LogP contribution in [0.1, 0.15) is 19.8 Å². The third-order valence-electron chi connectivity index (χ3n) is 5.99. The molecule has 0 bridgehead atoms. The van der Waals surface area contributed by atoms with Gasteiger partial charge in [-0.1, -0.05) is 0 Å². The third kappa shape index (κ3) is 6.87. The van der Waals surface area contributed by atoms with Gasteiger partial charge in [0.25, 0.3) is 0 Å². The van der Waals surface area contributed by atoms with E-state index in [2.05, 4.69) is 36.9 Å². The fourth-order valence-electron chi connectivity index (χ4n) is 4.34. The Hall–Kier alpha value is -1.24. The lowest BCUT2D eigenvalue weighted by Crippen LogP contribution is -2.53. The van der Waals surface area contributed by atoms with Crippen molar-refractivity contribution < 1.29 is 9.47 Å². The first-order valence-corrected chi connectivity index (χ1v) is 11.3. The summed E-state index contributed by atoms with van der Waals surface area (Å²) in [6.07, 6.45) is 6.25. The molecule has 3 aliphatic rings. The van der Waals surface area contributed by atoms with E-state index in [1.807, 2.05) is 6.07 Å². The lowest BCUT2D eigenvalue weighted by Gasteiger charge is -2.37. The Bertz CT molecular complexity index is 667. The Morgan fingerprint density at radius 3 is 2.58 bits per heavy atom. The SMILES string of the molecule is CCNC(=NCCN1CCN(c2ncccn2)CC1)N1CCOC(C2CCCO2)C1.I. The molecule has 2 unspecified atom stereocenters. The summed E-state index contributed by atoms with van der Waals surface area (Å²) >= 11 is 0. The molecule has 0 aliphatic carbocycles. The van der Waals surface area contributed by atoms with E-state index in [1.54, 1.807) is 12.4 Å². The smallest absolute Gasteiger partial charge is 0.225 e. The molecule has 1 N–H and O–H groups in total. The number of hydrogen-bond donors (Lipinski definition) is 1. The fraction of sp³-hybridized carbons (Fsp3) is 0.762. The minimum atomic E-state index is 0. The normalized spacial score (nSPS) is 25.4. The second-order valence-electron chi connectivity index (χ2n) is 8.02. The number of halogens is 1. The first-order chi connectivity index (χ1) is 14.8. The van der Waals surface area contributed by atoms with Crippen LogP contribution in [0.2, 0.25) is 0 Å². The van der Waals surface area contributed by atoms with E-state index >= 15 is 0 Å². The maximum Gasteiger partial charge on any atom is 0.225 e. The molecular formula is C21H36IN7O2. The van der Waals surface area contributed by atoms with Gasteiger partial charge < -0.3 is 24.6 Å². The van der Waals surface area contributed by atoms with E-state index in [-0.39, 0.29) is 36.2 Å². The lowest BCUT2D eigenvalue weighted by molar-refractivity contribution is -0.0817. The number of guanidine groups is 1. The van der Waals surface area contributed by atoms with E-state index in [0.29, 0.717) is 0 Å². The van der Waals surface area contributed by atoms with Gasteiger partial charge in [-0.05, 0) is 25.8 Å². The molecule has 4 heterocycles. The third-order valence-corrected chi connectivity index (χ3v) is 5.99. The summed E-state index contributed by atoms with van der Waals surface area (Å²) in [6.45, 7) is 12.0. The summed E-state index contributed by atoms with van der Waals surface area (Å²) in [5.74, 6) is 1.83. The number of anilines is 1. The van der Waals surface area contributed by atoms with Crippen molar-refractivity contribution in [2.45, 2.75) is 32.0 Å². The standard InChI is InChI=1S/C21H35N7O2.HI/c1-2-22-20(28-14-16-30-19(17-28)18-5-3-15-29-18)25-8-9-26-10-12-27(13-11-26)21-23-6-4-7-24-21;/h4,6-7,18-19H,2-3,5,8-17H2,1H3,(H,22,25);1H. The first-order valence-electron chi connectivity index (χ1n) is 11.3. The summed E-state index contributed by atoms with van der Waals surface area (Å²) in [4.78, 5) is 20.7. The molecule has 0 spiro atoms. The topological polar surface area (TPSA) is 78.4 Å². The van der Waals surface area contributed by atoms with Crippen LogP contribution in [-0.2, 0) is 9.47 Å². The number of nitrogens with one attached hydrogen (secondary N) is 1. The zero-order valence-electron chi connectivity index (χ0n) is 18.5. The Kier molecular flexibility index (Phi) is 10.0. The molecule has 1 aromatic rings. The molecule has 4 rings (SSSR count). The minimum Gasteiger partial charge on any atom is -0.375 e. The van der Waals surface area contributed by atoms with Crippen LogP contribution in [-0.4, -0.2) is 110 Å². The minimum absolute atomic E-state index is 0. The van der Waals surface area contributed by atoms with Crippen LogP contribution in [0.25, 0.3) is 0 Å². The Morgan fingerprint density at radius 1 is 1.10 bits per heavy atom. The van der Waals surface area contributed by atoms with Crippen LogP contribution in [0.4, 0.5) is 5.95 Å². The van der Waals surface area contributed by atoms with Crippen molar-refractivity contribution in [3.05, 3.63) is 18.5 Å². The van der Waals surface area contributed by atoms with Crippen molar-refractivity contribution in [1.29, 1.82) is 0 Å². The second kappa shape index (κ2) is 12.7. The summed E-state index contributed by atoms with van der Waals surface area (Å²) in [7, 11) is 0. The van der Waals surface area contributed by atoms with Gasteiger partial charge in [0.2, 0.25) is 5.95 Å². The molecule has 1 aromatic heterocycles. The highest BCUT2D eigenvalue weighted by molar-refractivity contribution is 14.0. The van der Waals surface area contributed by atoms with Gasteiger partial charge >= 0.3 is 0 Å². The average Bonchev–Trinajstić information content (AvgIpc) is 3.35. The van der Waals surface area contributed by atoms with Crippen LogP contribution >= 0.6 is 24.0 Å². The van der Waals surface area contributed by atoms with Crippen molar-refractivity contribution in [3.8, 4) is 0 Å². The van der Waals surface area contributed by atoms with Crippen molar-refractivity contribution in [2.75, 3.05) is 77.0 Å². The van der Waals surface area contributed by atoms with E-state index in [4.69, 9.17) is 14.5 Å². The van der Waals surface area contributed by atoms with E-state index < -0.39 is 0 Å². The maximum absolute atomic E-state index is 5.99. The number of hydrogen-bond acceptors (Lipinski definition) is 7. The molecule has 31 heavy (non-hydrogen) atoms. The predicted molar refractivity (Wildman–Crippen MR) is 132 cm³/mol. The first kappa shape index (κ1) is 24.4. The lowest BCUT2D eigenvalue weighted by atomic mass is 10.1. The quantitative estimate of drug-likeness (QED) is 0.323. The van der Waals surface area contributed by atoms with Gasteiger partial charge in [-0.3, -0.25) is 9.89 Å². The summed E-state index contributed by atoms with van der Waals surface area (Å²) in [5, 5.41) is 3.47. The fourth-order valence-corrected chi connectivity index (χ4v) is 4.34. The van der Waals surface area contributed by atoms with Gasteiger partial charge in [0.15, 0.2) is 5.96 Å². The van der Waals surface area contributed by atoms with Crippen LogP contribution < -0.4 is 10.2 Å². The molecule has 0 aromatic carbocycles. The molecule has 3 saturated heterocycles. The maximum atomic E-state index is 5.99. The summed E-state index contributed by atoms with van der Waals surface area (Å²) in [5.41, 5.74) is 0.